The Balaban J connectivity index is 3.20. The van der Waals surface area contributed by atoms with E-state index in [-0.39, 0.29) is 6.10 Å². The lowest BCUT2D eigenvalue weighted by atomic mass is 10.0. The van der Waals surface area contributed by atoms with Crippen LogP contribution in [0.2, 0.25) is 0 Å². The number of hydrogen-bond donors (Lipinski definition) is 0. The molecule has 0 aliphatic carbocycles. The van der Waals surface area contributed by atoms with Crippen LogP contribution in [0.25, 0.3) is 0 Å². The predicted octanol–water partition coefficient (Wildman–Crippen LogP) is 5.68. The average molecular weight is 284 g/mol. The zero-order valence-electron chi connectivity index (χ0n) is 13.9. The van der Waals surface area contributed by atoms with Crippen molar-refractivity contribution >= 4 is 6.29 Å². The second-order valence-electron chi connectivity index (χ2n) is 5.80. The summed E-state index contributed by atoms with van der Waals surface area (Å²) in [5.74, 6) is 0. The van der Waals surface area contributed by atoms with Gasteiger partial charge in [0.25, 0.3) is 0 Å². The highest BCUT2D eigenvalue weighted by molar-refractivity contribution is 5.50. The molecular formula is C18H36O2. The van der Waals surface area contributed by atoms with Crippen LogP contribution < -0.4 is 0 Å². The van der Waals surface area contributed by atoms with Crippen LogP contribution in [0.15, 0.2) is 0 Å². The second kappa shape index (κ2) is 16.7. The molecule has 0 radical (unpaired) electrons. The predicted molar refractivity (Wildman–Crippen MR) is 87.2 cm³/mol. The Bertz CT molecular complexity index is 192. The third-order valence-corrected chi connectivity index (χ3v) is 3.89. The maximum Gasteiger partial charge on any atom is 0.122 e. The van der Waals surface area contributed by atoms with Crippen LogP contribution >= 0.6 is 0 Å². The minimum Gasteiger partial charge on any atom is -0.378 e. The number of aldehydes is 1. The fourth-order valence-electron chi connectivity index (χ4n) is 2.65. The molecule has 2 nitrogen and oxygen atoms in total. The first-order valence-corrected chi connectivity index (χ1v) is 8.90. The Morgan fingerprint density at radius 2 is 1.30 bits per heavy atom. The van der Waals surface area contributed by atoms with E-state index in [4.69, 9.17) is 4.74 Å². The molecule has 0 aliphatic heterocycles. The highest BCUT2D eigenvalue weighted by atomic mass is 16.5. The number of rotatable bonds is 16. The number of ether oxygens (including phenoxy) is 1. The summed E-state index contributed by atoms with van der Waals surface area (Å²) in [7, 11) is 0. The molecule has 0 N–H and O–H groups in total. The van der Waals surface area contributed by atoms with Gasteiger partial charge >= 0.3 is 0 Å². The minimum atomic E-state index is 0.163. The van der Waals surface area contributed by atoms with Crippen LogP contribution in [0, 0.1) is 0 Å². The van der Waals surface area contributed by atoms with Crippen LogP contribution in [-0.4, -0.2) is 19.0 Å². The van der Waals surface area contributed by atoms with E-state index in [0.717, 1.165) is 19.3 Å². The summed E-state index contributed by atoms with van der Waals surface area (Å²) < 4.78 is 5.54. The normalized spacial score (nSPS) is 12.5. The zero-order chi connectivity index (χ0) is 14.9. The topological polar surface area (TPSA) is 26.3 Å². The molecule has 0 rings (SSSR count). The molecule has 0 amide bonds. The van der Waals surface area contributed by atoms with Crippen LogP contribution in [0.3, 0.4) is 0 Å². The van der Waals surface area contributed by atoms with Crippen molar-refractivity contribution < 1.29 is 9.53 Å². The standard InChI is InChI=1S/C18H36O2/c1-3-5-6-7-8-9-10-11-12-13-14-15-18(16-17-19)20-4-2/h17-18H,3-16H2,1-2H3. The van der Waals surface area contributed by atoms with Gasteiger partial charge in [-0.15, -0.1) is 0 Å². The largest absolute Gasteiger partial charge is 0.378 e. The monoisotopic (exact) mass is 284 g/mol. The van der Waals surface area contributed by atoms with Crippen LogP contribution in [0.1, 0.15) is 97.3 Å². The third kappa shape index (κ3) is 14.0. The van der Waals surface area contributed by atoms with Gasteiger partial charge in [-0.2, -0.15) is 0 Å². The Morgan fingerprint density at radius 1 is 0.800 bits per heavy atom. The molecule has 0 spiro atoms. The van der Waals surface area contributed by atoms with E-state index >= 15 is 0 Å². The first kappa shape index (κ1) is 19.6. The highest BCUT2D eigenvalue weighted by Gasteiger charge is 2.06. The van der Waals surface area contributed by atoms with E-state index in [1.165, 1.54) is 70.6 Å². The molecule has 2 heteroatoms. The van der Waals surface area contributed by atoms with Gasteiger partial charge in [0.2, 0.25) is 0 Å². The maximum atomic E-state index is 10.5. The number of carbonyl (C=O) groups excluding carboxylic acids is 1. The SMILES string of the molecule is CCCCCCCCCCCCCC(CC=O)OCC. The molecule has 0 saturated heterocycles. The highest BCUT2D eigenvalue weighted by Crippen LogP contribution is 2.14. The van der Waals surface area contributed by atoms with Gasteiger partial charge in [-0.1, -0.05) is 77.6 Å². The van der Waals surface area contributed by atoms with Gasteiger partial charge in [0.15, 0.2) is 0 Å². The van der Waals surface area contributed by atoms with Crippen molar-refractivity contribution in [1.82, 2.24) is 0 Å². The summed E-state index contributed by atoms with van der Waals surface area (Å²) in [5, 5.41) is 0. The van der Waals surface area contributed by atoms with Crippen molar-refractivity contribution in [1.29, 1.82) is 0 Å². The van der Waals surface area contributed by atoms with E-state index in [1.807, 2.05) is 6.92 Å². The lowest BCUT2D eigenvalue weighted by Crippen LogP contribution is -2.13. The lowest BCUT2D eigenvalue weighted by Gasteiger charge is -2.13. The molecule has 0 bridgehead atoms. The van der Waals surface area contributed by atoms with Crippen molar-refractivity contribution in [3.8, 4) is 0 Å². The van der Waals surface area contributed by atoms with Crippen molar-refractivity contribution in [2.75, 3.05) is 6.61 Å². The van der Waals surface area contributed by atoms with Gasteiger partial charge in [-0.05, 0) is 13.3 Å². The van der Waals surface area contributed by atoms with Gasteiger partial charge in [0.1, 0.15) is 6.29 Å². The second-order valence-corrected chi connectivity index (χ2v) is 5.80. The van der Waals surface area contributed by atoms with E-state index < -0.39 is 0 Å². The molecular weight excluding hydrogens is 248 g/mol. The summed E-state index contributed by atoms with van der Waals surface area (Å²) in [5.41, 5.74) is 0. The van der Waals surface area contributed by atoms with Crippen LogP contribution in [-0.2, 0) is 9.53 Å². The smallest absolute Gasteiger partial charge is 0.122 e. The van der Waals surface area contributed by atoms with Crippen molar-refractivity contribution in [2.45, 2.75) is 103 Å². The van der Waals surface area contributed by atoms with Crippen LogP contribution in [0.4, 0.5) is 0 Å². The minimum absolute atomic E-state index is 0.163. The summed E-state index contributed by atoms with van der Waals surface area (Å²) in [6.45, 7) is 4.99. The number of unbranched alkanes of at least 4 members (excludes halogenated alkanes) is 10. The zero-order valence-corrected chi connectivity index (χ0v) is 13.9. The molecule has 120 valence electrons. The van der Waals surface area contributed by atoms with Crippen molar-refractivity contribution in [2.24, 2.45) is 0 Å². The van der Waals surface area contributed by atoms with E-state index in [9.17, 15) is 4.79 Å². The molecule has 0 aromatic carbocycles. The first-order chi connectivity index (χ1) is 9.85. The molecule has 0 fully saturated rings. The van der Waals surface area contributed by atoms with Crippen molar-refractivity contribution in [3.05, 3.63) is 0 Å². The van der Waals surface area contributed by atoms with Gasteiger partial charge in [0, 0.05) is 13.0 Å². The van der Waals surface area contributed by atoms with Crippen LogP contribution in [0.5, 0.6) is 0 Å². The Labute approximate surface area is 126 Å². The van der Waals surface area contributed by atoms with Gasteiger partial charge in [0.05, 0.1) is 6.10 Å². The van der Waals surface area contributed by atoms with Gasteiger partial charge < -0.3 is 9.53 Å². The van der Waals surface area contributed by atoms with E-state index in [0.29, 0.717) is 6.42 Å². The summed E-state index contributed by atoms with van der Waals surface area (Å²) in [4.78, 5) is 10.5. The molecule has 0 aliphatic rings. The lowest BCUT2D eigenvalue weighted by molar-refractivity contribution is -0.110. The molecule has 0 heterocycles. The average Bonchev–Trinajstić information content (AvgIpc) is 2.45. The van der Waals surface area contributed by atoms with E-state index in [1.54, 1.807) is 0 Å². The third-order valence-electron chi connectivity index (χ3n) is 3.89. The molecule has 0 aromatic heterocycles. The van der Waals surface area contributed by atoms with E-state index in [2.05, 4.69) is 6.92 Å². The molecule has 0 saturated carbocycles. The van der Waals surface area contributed by atoms with Crippen molar-refractivity contribution in [3.63, 3.8) is 0 Å². The fourth-order valence-corrected chi connectivity index (χ4v) is 2.65. The number of carbonyl (C=O) groups is 1. The fraction of sp³-hybridized carbons (Fsp3) is 0.944. The first-order valence-electron chi connectivity index (χ1n) is 8.90. The molecule has 1 atom stereocenters. The van der Waals surface area contributed by atoms with Gasteiger partial charge in [-0.3, -0.25) is 0 Å². The summed E-state index contributed by atoms with van der Waals surface area (Å²) in [6, 6.07) is 0. The van der Waals surface area contributed by atoms with Gasteiger partial charge in [-0.25, -0.2) is 0 Å². The maximum absolute atomic E-state index is 10.5. The quantitative estimate of drug-likeness (QED) is 0.269. The molecule has 0 aromatic rings. The Kier molecular flexibility index (Phi) is 16.4. The Hall–Kier alpha value is -0.370. The Morgan fingerprint density at radius 3 is 1.75 bits per heavy atom. The molecule has 20 heavy (non-hydrogen) atoms. The molecule has 1 unspecified atom stereocenters. The number of hydrogen-bond acceptors (Lipinski definition) is 2. The summed E-state index contributed by atoms with van der Waals surface area (Å²) >= 11 is 0. The summed E-state index contributed by atoms with van der Waals surface area (Å²) in [6.07, 6.45) is 17.8.